The molecule has 0 fully saturated rings. The van der Waals surface area contributed by atoms with Gasteiger partial charge < -0.3 is 14.9 Å². The highest BCUT2D eigenvalue weighted by atomic mass is 15.3. The first-order valence-corrected chi connectivity index (χ1v) is 6.65. The molecule has 0 amide bonds. The van der Waals surface area contributed by atoms with Crippen LogP contribution in [0.2, 0.25) is 0 Å². The average molecular weight is 270 g/mol. The fraction of sp³-hybridized carbons (Fsp3) is 0.357. The number of rotatable bonds is 3. The summed E-state index contributed by atoms with van der Waals surface area (Å²) in [7, 11) is 1.95. The number of hydrogen-bond donors (Lipinski definition) is 1. The normalized spacial score (nSPS) is 11.6. The third kappa shape index (κ3) is 2.03. The van der Waals surface area contributed by atoms with Crippen molar-refractivity contribution in [3.05, 3.63) is 36.2 Å². The highest BCUT2D eigenvalue weighted by Crippen LogP contribution is 2.24. The molecule has 0 spiro atoms. The third-order valence-corrected chi connectivity index (χ3v) is 3.42. The van der Waals surface area contributed by atoms with E-state index >= 15 is 0 Å². The molecular formula is C14H18N6. The quantitative estimate of drug-likeness (QED) is 0.738. The molecule has 20 heavy (non-hydrogen) atoms. The molecule has 0 aliphatic heterocycles. The summed E-state index contributed by atoms with van der Waals surface area (Å²) >= 11 is 0. The first-order chi connectivity index (χ1) is 9.56. The summed E-state index contributed by atoms with van der Waals surface area (Å²) in [4.78, 5) is 4.71. The molecule has 0 atom stereocenters. The van der Waals surface area contributed by atoms with Crippen molar-refractivity contribution < 1.29 is 0 Å². The van der Waals surface area contributed by atoms with E-state index in [0.29, 0.717) is 12.5 Å². The van der Waals surface area contributed by atoms with Gasteiger partial charge in [0.15, 0.2) is 5.82 Å². The molecule has 2 N–H and O–H groups in total. The van der Waals surface area contributed by atoms with Gasteiger partial charge in [-0.2, -0.15) is 0 Å². The molecule has 104 valence electrons. The van der Waals surface area contributed by atoms with Crippen molar-refractivity contribution in [2.24, 2.45) is 7.05 Å². The van der Waals surface area contributed by atoms with E-state index in [1.165, 1.54) is 0 Å². The molecule has 0 bridgehead atoms. The maximum Gasteiger partial charge on any atom is 0.152 e. The predicted octanol–water partition coefficient (Wildman–Crippen LogP) is 1.92. The molecule has 3 aromatic rings. The number of imidazole rings is 1. The number of aryl methyl sites for hydroxylation is 1. The van der Waals surface area contributed by atoms with Crippen LogP contribution in [0.1, 0.15) is 31.4 Å². The molecule has 6 nitrogen and oxygen atoms in total. The van der Waals surface area contributed by atoms with E-state index in [4.69, 9.17) is 10.7 Å². The fourth-order valence-electron chi connectivity index (χ4n) is 2.36. The standard InChI is InChI=1S/C14H18N6/c1-9(2)14-17-11-6-10(15)4-5-12(11)20(14)7-13-18-16-8-19(13)3/h4-6,8-9H,7,15H2,1-3H3. The van der Waals surface area contributed by atoms with E-state index in [2.05, 4.69) is 28.6 Å². The van der Waals surface area contributed by atoms with Gasteiger partial charge in [0, 0.05) is 18.7 Å². The zero-order valence-corrected chi connectivity index (χ0v) is 11.9. The lowest BCUT2D eigenvalue weighted by Gasteiger charge is -2.10. The minimum atomic E-state index is 0.330. The van der Waals surface area contributed by atoms with E-state index in [9.17, 15) is 0 Å². The van der Waals surface area contributed by atoms with E-state index in [1.807, 2.05) is 29.8 Å². The number of aromatic nitrogens is 5. The van der Waals surface area contributed by atoms with E-state index in [1.54, 1.807) is 6.33 Å². The van der Waals surface area contributed by atoms with Crippen LogP contribution in [0.15, 0.2) is 24.5 Å². The number of hydrogen-bond acceptors (Lipinski definition) is 4. The highest BCUT2D eigenvalue weighted by molar-refractivity contribution is 5.79. The van der Waals surface area contributed by atoms with E-state index in [-0.39, 0.29) is 0 Å². The van der Waals surface area contributed by atoms with Crippen LogP contribution in [0.5, 0.6) is 0 Å². The molecule has 2 heterocycles. The van der Waals surface area contributed by atoms with Crippen LogP contribution in [-0.2, 0) is 13.6 Å². The summed E-state index contributed by atoms with van der Waals surface area (Å²) in [6, 6.07) is 5.83. The van der Waals surface area contributed by atoms with Gasteiger partial charge in [-0.1, -0.05) is 13.8 Å². The maximum atomic E-state index is 5.84. The summed E-state index contributed by atoms with van der Waals surface area (Å²) in [6.45, 7) is 4.93. The highest BCUT2D eigenvalue weighted by Gasteiger charge is 2.15. The third-order valence-electron chi connectivity index (χ3n) is 3.42. The van der Waals surface area contributed by atoms with Crippen LogP contribution in [-0.4, -0.2) is 24.3 Å². The summed E-state index contributed by atoms with van der Waals surface area (Å²) in [5, 5.41) is 8.09. The number of anilines is 1. The van der Waals surface area contributed by atoms with Gasteiger partial charge in [0.2, 0.25) is 0 Å². The van der Waals surface area contributed by atoms with Crippen LogP contribution < -0.4 is 5.73 Å². The molecule has 0 unspecified atom stereocenters. The number of fused-ring (bicyclic) bond motifs is 1. The SMILES string of the molecule is CC(C)c1nc2cc(N)ccc2n1Cc1nncn1C. The molecule has 0 aliphatic rings. The predicted molar refractivity (Wildman–Crippen MR) is 78.3 cm³/mol. The van der Waals surface area contributed by atoms with Crippen LogP contribution in [0.3, 0.4) is 0 Å². The van der Waals surface area contributed by atoms with Crippen molar-refractivity contribution in [1.82, 2.24) is 24.3 Å². The Labute approximate surface area is 117 Å². The Balaban J connectivity index is 2.16. The molecule has 2 aromatic heterocycles. The number of nitrogens with two attached hydrogens (primary N) is 1. The lowest BCUT2D eigenvalue weighted by molar-refractivity contribution is 0.644. The van der Waals surface area contributed by atoms with Crippen LogP contribution in [0.4, 0.5) is 5.69 Å². The van der Waals surface area contributed by atoms with Crippen molar-refractivity contribution in [2.75, 3.05) is 5.73 Å². The van der Waals surface area contributed by atoms with Crippen LogP contribution in [0, 0.1) is 0 Å². The van der Waals surface area contributed by atoms with Gasteiger partial charge in [0.25, 0.3) is 0 Å². The van der Waals surface area contributed by atoms with Crippen molar-refractivity contribution in [3.8, 4) is 0 Å². The zero-order chi connectivity index (χ0) is 14.3. The Morgan fingerprint density at radius 2 is 2.10 bits per heavy atom. The van der Waals surface area contributed by atoms with E-state index in [0.717, 1.165) is 28.4 Å². The van der Waals surface area contributed by atoms with Crippen LogP contribution in [0.25, 0.3) is 11.0 Å². The summed E-state index contributed by atoms with van der Waals surface area (Å²) in [5.41, 5.74) is 8.58. The van der Waals surface area contributed by atoms with Gasteiger partial charge >= 0.3 is 0 Å². The molecule has 0 aliphatic carbocycles. The van der Waals surface area contributed by atoms with Gasteiger partial charge in [-0.15, -0.1) is 10.2 Å². The summed E-state index contributed by atoms with van der Waals surface area (Å²) < 4.78 is 4.11. The molecular weight excluding hydrogens is 252 g/mol. The molecule has 0 saturated carbocycles. The van der Waals surface area contributed by atoms with Gasteiger partial charge in [-0.25, -0.2) is 4.98 Å². The molecule has 1 aromatic carbocycles. The Morgan fingerprint density at radius 3 is 2.75 bits per heavy atom. The van der Waals surface area contributed by atoms with Gasteiger partial charge in [0.05, 0.1) is 17.6 Å². The molecule has 0 radical (unpaired) electrons. The Bertz CT molecular complexity index is 752. The smallest absolute Gasteiger partial charge is 0.152 e. The summed E-state index contributed by atoms with van der Waals surface area (Å²) in [6.07, 6.45) is 1.71. The number of nitrogens with zero attached hydrogens (tertiary/aromatic N) is 5. The second-order valence-corrected chi connectivity index (χ2v) is 5.32. The minimum Gasteiger partial charge on any atom is -0.399 e. The van der Waals surface area contributed by atoms with Crippen LogP contribution >= 0.6 is 0 Å². The van der Waals surface area contributed by atoms with Crippen molar-refractivity contribution >= 4 is 16.7 Å². The number of nitrogen functional groups attached to an aromatic ring is 1. The minimum absolute atomic E-state index is 0.330. The molecule has 3 rings (SSSR count). The lowest BCUT2D eigenvalue weighted by atomic mass is 10.2. The topological polar surface area (TPSA) is 74.6 Å². The van der Waals surface area contributed by atoms with Crippen molar-refractivity contribution in [1.29, 1.82) is 0 Å². The van der Waals surface area contributed by atoms with Gasteiger partial charge in [-0.05, 0) is 18.2 Å². The lowest BCUT2D eigenvalue weighted by Crippen LogP contribution is -2.10. The largest absolute Gasteiger partial charge is 0.399 e. The number of benzene rings is 1. The Morgan fingerprint density at radius 1 is 1.30 bits per heavy atom. The molecule has 0 saturated heterocycles. The molecule has 6 heteroatoms. The Kier molecular flexibility index (Phi) is 2.93. The Hall–Kier alpha value is -2.37. The van der Waals surface area contributed by atoms with Crippen molar-refractivity contribution in [2.45, 2.75) is 26.3 Å². The van der Waals surface area contributed by atoms with Gasteiger partial charge in [0.1, 0.15) is 12.2 Å². The van der Waals surface area contributed by atoms with Gasteiger partial charge in [-0.3, -0.25) is 0 Å². The second kappa shape index (κ2) is 4.63. The zero-order valence-electron chi connectivity index (χ0n) is 11.9. The van der Waals surface area contributed by atoms with E-state index < -0.39 is 0 Å². The fourth-order valence-corrected chi connectivity index (χ4v) is 2.36. The summed E-state index contributed by atoms with van der Waals surface area (Å²) in [5.74, 6) is 2.27. The second-order valence-electron chi connectivity index (χ2n) is 5.32. The van der Waals surface area contributed by atoms with Crippen molar-refractivity contribution in [3.63, 3.8) is 0 Å². The average Bonchev–Trinajstić information content (AvgIpc) is 2.95. The first kappa shape index (κ1) is 12.7. The monoisotopic (exact) mass is 270 g/mol. The maximum absolute atomic E-state index is 5.84. The first-order valence-electron chi connectivity index (χ1n) is 6.65.